The molecule has 0 amide bonds. The van der Waals surface area contributed by atoms with Gasteiger partial charge in [-0.15, -0.1) is 0 Å². The van der Waals surface area contributed by atoms with Gasteiger partial charge in [0.15, 0.2) is 0 Å². The molecular formula is C13H19NO4. The van der Waals surface area contributed by atoms with Crippen molar-refractivity contribution in [1.29, 1.82) is 0 Å². The van der Waals surface area contributed by atoms with Crippen LogP contribution in [0.15, 0.2) is 16.7 Å². The Labute approximate surface area is 106 Å². The van der Waals surface area contributed by atoms with Crippen LogP contribution in [0.1, 0.15) is 48.2 Å². The van der Waals surface area contributed by atoms with Crippen molar-refractivity contribution in [2.24, 2.45) is 0 Å². The maximum atomic E-state index is 10.7. The van der Waals surface area contributed by atoms with Crippen molar-refractivity contribution in [3.05, 3.63) is 23.7 Å². The second-order valence-electron chi connectivity index (χ2n) is 4.96. The number of hydrogen-bond acceptors (Lipinski definition) is 4. The van der Waals surface area contributed by atoms with Crippen LogP contribution >= 0.6 is 0 Å². The molecule has 0 unspecified atom stereocenters. The Kier molecular flexibility index (Phi) is 4.04. The van der Waals surface area contributed by atoms with Crippen LogP contribution in [0.2, 0.25) is 0 Å². The fourth-order valence-electron chi connectivity index (χ4n) is 2.48. The lowest BCUT2D eigenvalue weighted by molar-refractivity contribution is 0.0696. The summed E-state index contributed by atoms with van der Waals surface area (Å²) in [6.07, 6.45) is 6.60. The second-order valence-corrected chi connectivity index (χ2v) is 4.96. The van der Waals surface area contributed by atoms with Gasteiger partial charge in [-0.05, 0) is 18.9 Å². The number of rotatable bonds is 5. The van der Waals surface area contributed by atoms with E-state index in [0.29, 0.717) is 12.3 Å². The Balaban J connectivity index is 1.94. The van der Waals surface area contributed by atoms with E-state index in [9.17, 15) is 9.90 Å². The van der Waals surface area contributed by atoms with E-state index in [-0.39, 0.29) is 17.7 Å². The Morgan fingerprint density at radius 2 is 2.11 bits per heavy atom. The van der Waals surface area contributed by atoms with Crippen molar-refractivity contribution < 1.29 is 19.4 Å². The third-order valence-corrected chi connectivity index (χ3v) is 3.65. The van der Waals surface area contributed by atoms with Crippen LogP contribution in [0, 0.1) is 0 Å². The first kappa shape index (κ1) is 13.1. The van der Waals surface area contributed by atoms with Gasteiger partial charge in [0.2, 0.25) is 0 Å². The van der Waals surface area contributed by atoms with E-state index < -0.39 is 5.97 Å². The molecule has 2 rings (SSSR count). The number of carbonyl (C=O) groups is 1. The molecule has 0 aliphatic heterocycles. The van der Waals surface area contributed by atoms with Gasteiger partial charge in [-0.2, -0.15) is 0 Å². The summed E-state index contributed by atoms with van der Waals surface area (Å²) >= 11 is 0. The van der Waals surface area contributed by atoms with Crippen LogP contribution < -0.4 is 5.32 Å². The molecule has 0 atom stereocenters. The maximum Gasteiger partial charge on any atom is 0.338 e. The smallest absolute Gasteiger partial charge is 0.338 e. The molecule has 0 bridgehead atoms. The fourth-order valence-corrected chi connectivity index (χ4v) is 2.48. The zero-order valence-electron chi connectivity index (χ0n) is 10.3. The highest BCUT2D eigenvalue weighted by molar-refractivity contribution is 5.87. The van der Waals surface area contributed by atoms with Crippen LogP contribution in [0.5, 0.6) is 0 Å². The standard InChI is InChI=1S/C13H19NO4/c15-9-13(4-2-1-3-5-13)14-7-11-6-10(8-18-11)12(16)17/h6,8,14-15H,1-5,7,9H2,(H,16,17). The molecular weight excluding hydrogens is 234 g/mol. The molecule has 0 spiro atoms. The first-order valence-electron chi connectivity index (χ1n) is 6.32. The molecule has 5 heteroatoms. The Morgan fingerprint density at radius 3 is 2.67 bits per heavy atom. The number of aromatic carboxylic acids is 1. The van der Waals surface area contributed by atoms with Crippen molar-refractivity contribution in [3.8, 4) is 0 Å². The topological polar surface area (TPSA) is 82.7 Å². The summed E-state index contributed by atoms with van der Waals surface area (Å²) in [5, 5.41) is 21.6. The van der Waals surface area contributed by atoms with Crippen molar-refractivity contribution >= 4 is 5.97 Å². The third-order valence-electron chi connectivity index (χ3n) is 3.65. The lowest BCUT2D eigenvalue weighted by Crippen LogP contribution is -2.49. The monoisotopic (exact) mass is 253 g/mol. The average Bonchev–Trinajstić information content (AvgIpc) is 2.87. The van der Waals surface area contributed by atoms with Gasteiger partial charge >= 0.3 is 5.97 Å². The summed E-state index contributed by atoms with van der Waals surface area (Å²) in [6.45, 7) is 0.563. The Morgan fingerprint density at radius 1 is 1.39 bits per heavy atom. The molecule has 1 fully saturated rings. The molecule has 18 heavy (non-hydrogen) atoms. The van der Waals surface area contributed by atoms with E-state index in [2.05, 4.69) is 5.32 Å². The van der Waals surface area contributed by atoms with Crippen molar-refractivity contribution in [3.63, 3.8) is 0 Å². The normalized spacial score (nSPS) is 18.7. The zero-order valence-corrected chi connectivity index (χ0v) is 10.3. The summed E-state index contributed by atoms with van der Waals surface area (Å²) in [5.41, 5.74) is -0.0671. The van der Waals surface area contributed by atoms with Gasteiger partial charge in [0.05, 0.1) is 18.7 Å². The van der Waals surface area contributed by atoms with Crippen LogP contribution in [-0.4, -0.2) is 28.3 Å². The average molecular weight is 253 g/mol. The summed E-state index contributed by atoms with van der Waals surface area (Å²) < 4.78 is 5.18. The van der Waals surface area contributed by atoms with Gasteiger partial charge in [0, 0.05) is 5.54 Å². The van der Waals surface area contributed by atoms with Crippen molar-refractivity contribution in [2.45, 2.75) is 44.2 Å². The summed E-state index contributed by atoms with van der Waals surface area (Å²) in [5.74, 6) is -0.398. The highest BCUT2D eigenvalue weighted by atomic mass is 16.4. The fraction of sp³-hybridized carbons (Fsp3) is 0.615. The second kappa shape index (κ2) is 5.54. The van der Waals surface area contributed by atoms with E-state index in [1.807, 2.05) is 0 Å². The maximum absolute atomic E-state index is 10.7. The lowest BCUT2D eigenvalue weighted by Gasteiger charge is -2.36. The number of carboxylic acids is 1. The van der Waals surface area contributed by atoms with Gasteiger partial charge in [-0.25, -0.2) is 4.79 Å². The SMILES string of the molecule is O=C(O)c1coc(CNC2(CO)CCCCC2)c1. The molecule has 1 aromatic heterocycles. The van der Waals surface area contributed by atoms with E-state index in [4.69, 9.17) is 9.52 Å². The summed E-state index contributed by atoms with van der Waals surface area (Å²) in [7, 11) is 0. The van der Waals surface area contributed by atoms with Crippen molar-refractivity contribution in [1.82, 2.24) is 5.32 Å². The molecule has 1 aliphatic carbocycles. The number of carboxylic acid groups (broad SMARTS) is 1. The third kappa shape index (κ3) is 2.91. The molecule has 1 aromatic rings. The van der Waals surface area contributed by atoms with Gasteiger partial charge in [0.1, 0.15) is 12.0 Å². The molecule has 1 saturated carbocycles. The van der Waals surface area contributed by atoms with Crippen LogP contribution in [0.25, 0.3) is 0 Å². The van der Waals surface area contributed by atoms with Crippen LogP contribution in [0.4, 0.5) is 0 Å². The number of nitrogens with one attached hydrogen (secondary N) is 1. The predicted octanol–water partition coefficient (Wildman–Crippen LogP) is 1.76. The lowest BCUT2D eigenvalue weighted by atomic mass is 9.82. The quantitative estimate of drug-likeness (QED) is 0.744. The number of hydrogen-bond donors (Lipinski definition) is 3. The van der Waals surface area contributed by atoms with Gasteiger partial charge in [-0.1, -0.05) is 19.3 Å². The van der Waals surface area contributed by atoms with Crippen molar-refractivity contribution in [2.75, 3.05) is 6.61 Å². The molecule has 0 aromatic carbocycles. The summed E-state index contributed by atoms with van der Waals surface area (Å²) in [6, 6.07) is 1.52. The molecule has 1 aliphatic rings. The zero-order chi connectivity index (χ0) is 13.0. The largest absolute Gasteiger partial charge is 0.478 e. The first-order chi connectivity index (χ1) is 8.65. The van der Waals surface area contributed by atoms with Crippen LogP contribution in [0.3, 0.4) is 0 Å². The number of aliphatic hydroxyl groups excluding tert-OH is 1. The van der Waals surface area contributed by atoms with E-state index >= 15 is 0 Å². The van der Waals surface area contributed by atoms with E-state index in [1.54, 1.807) is 0 Å². The molecule has 1 heterocycles. The highest BCUT2D eigenvalue weighted by Gasteiger charge is 2.30. The summed E-state index contributed by atoms with van der Waals surface area (Å²) in [4.78, 5) is 10.7. The number of aliphatic hydroxyl groups is 1. The molecule has 5 nitrogen and oxygen atoms in total. The van der Waals surface area contributed by atoms with Gasteiger partial charge in [-0.3, -0.25) is 0 Å². The minimum absolute atomic E-state index is 0.111. The number of furan rings is 1. The molecule has 3 N–H and O–H groups in total. The Hall–Kier alpha value is -1.33. The minimum atomic E-state index is -0.987. The molecule has 0 radical (unpaired) electrons. The van der Waals surface area contributed by atoms with Gasteiger partial charge in [0.25, 0.3) is 0 Å². The predicted molar refractivity (Wildman–Crippen MR) is 65.4 cm³/mol. The van der Waals surface area contributed by atoms with E-state index in [1.165, 1.54) is 18.8 Å². The first-order valence-corrected chi connectivity index (χ1v) is 6.32. The van der Waals surface area contributed by atoms with Crippen LogP contribution in [-0.2, 0) is 6.54 Å². The van der Waals surface area contributed by atoms with E-state index in [0.717, 1.165) is 25.7 Å². The highest BCUT2D eigenvalue weighted by Crippen LogP contribution is 2.28. The molecule has 0 saturated heterocycles. The Bertz CT molecular complexity index is 407. The molecule has 100 valence electrons. The minimum Gasteiger partial charge on any atom is -0.478 e. The van der Waals surface area contributed by atoms with Gasteiger partial charge < -0.3 is 19.9 Å².